The van der Waals surface area contributed by atoms with Gasteiger partial charge in [0, 0.05) is 24.6 Å². The molecule has 2 atom stereocenters. The predicted molar refractivity (Wildman–Crippen MR) is 79.6 cm³/mol. The molecule has 0 N–H and O–H groups in total. The van der Waals surface area contributed by atoms with Crippen LogP contribution in [0.25, 0.3) is 0 Å². The predicted octanol–water partition coefficient (Wildman–Crippen LogP) is 2.49. The average molecular weight is 291 g/mol. The number of esters is 1. The summed E-state index contributed by atoms with van der Waals surface area (Å²) < 4.78 is 10.3. The lowest BCUT2D eigenvalue weighted by Gasteiger charge is -2.23. The molecule has 5 nitrogen and oxygen atoms in total. The van der Waals surface area contributed by atoms with E-state index in [0.29, 0.717) is 6.61 Å². The van der Waals surface area contributed by atoms with Gasteiger partial charge in [-0.05, 0) is 37.6 Å². The van der Waals surface area contributed by atoms with Crippen LogP contribution in [-0.4, -0.2) is 31.6 Å². The number of carbonyl (C=O) groups excluding carboxylic acids is 2. The normalized spacial score (nSPS) is 20.1. The number of fused-ring (bicyclic) bond motifs is 1. The third-order valence-electron chi connectivity index (χ3n) is 3.91. The first-order chi connectivity index (χ1) is 9.99. The van der Waals surface area contributed by atoms with E-state index in [2.05, 4.69) is 0 Å². The van der Waals surface area contributed by atoms with Crippen molar-refractivity contribution in [3.05, 3.63) is 23.8 Å². The zero-order chi connectivity index (χ0) is 15.6. The Hall–Kier alpha value is -2.04. The van der Waals surface area contributed by atoms with Crippen LogP contribution in [0.5, 0.6) is 5.75 Å². The van der Waals surface area contributed by atoms with Crippen LogP contribution in [0, 0.1) is 0 Å². The van der Waals surface area contributed by atoms with Crippen LogP contribution in [0.4, 0.5) is 5.69 Å². The molecule has 0 aliphatic carbocycles. The number of benzene rings is 1. The Balaban J connectivity index is 2.38. The summed E-state index contributed by atoms with van der Waals surface area (Å²) in [4.78, 5) is 25.5. The molecule has 5 heteroatoms. The lowest BCUT2D eigenvalue weighted by molar-refractivity contribution is -0.143. The van der Waals surface area contributed by atoms with Gasteiger partial charge < -0.3 is 14.4 Å². The molecule has 114 valence electrons. The Labute approximate surface area is 124 Å². The molecule has 0 saturated carbocycles. The maximum absolute atomic E-state index is 11.9. The smallest absolute Gasteiger partial charge is 0.306 e. The highest BCUT2D eigenvalue weighted by atomic mass is 16.5. The number of carbonyl (C=O) groups is 2. The Morgan fingerprint density at radius 2 is 2.05 bits per heavy atom. The topological polar surface area (TPSA) is 55.8 Å². The molecular formula is C16H21NO4. The quantitative estimate of drug-likeness (QED) is 0.800. The molecule has 0 bridgehead atoms. The molecule has 2 rings (SSSR count). The van der Waals surface area contributed by atoms with Crippen LogP contribution in [0.15, 0.2) is 18.2 Å². The first kappa shape index (κ1) is 15.4. The first-order valence-electron chi connectivity index (χ1n) is 7.13. The van der Waals surface area contributed by atoms with Gasteiger partial charge in [0.25, 0.3) is 0 Å². The molecular weight excluding hydrogens is 270 g/mol. The molecule has 1 aliphatic rings. The highest BCUT2D eigenvalue weighted by Crippen LogP contribution is 2.44. The average Bonchev–Trinajstić information content (AvgIpc) is 2.71. The van der Waals surface area contributed by atoms with Crippen LogP contribution in [0.1, 0.15) is 38.7 Å². The minimum absolute atomic E-state index is 0.0275. The van der Waals surface area contributed by atoms with Crippen molar-refractivity contribution >= 4 is 17.6 Å². The Morgan fingerprint density at radius 3 is 2.62 bits per heavy atom. The van der Waals surface area contributed by atoms with Crippen molar-refractivity contribution in [2.24, 2.45) is 0 Å². The van der Waals surface area contributed by atoms with Crippen LogP contribution < -0.4 is 9.64 Å². The van der Waals surface area contributed by atoms with E-state index in [9.17, 15) is 9.59 Å². The maximum Gasteiger partial charge on any atom is 0.306 e. The highest BCUT2D eigenvalue weighted by Gasteiger charge is 2.39. The van der Waals surface area contributed by atoms with Crippen LogP contribution in [0.2, 0.25) is 0 Å². The number of nitrogens with zero attached hydrogens (tertiary/aromatic N) is 1. The molecule has 0 fully saturated rings. The molecule has 0 aromatic heterocycles. The van der Waals surface area contributed by atoms with Crippen LogP contribution in [-0.2, 0) is 14.3 Å². The molecule has 0 unspecified atom stereocenters. The van der Waals surface area contributed by atoms with Gasteiger partial charge >= 0.3 is 5.97 Å². The molecule has 1 aliphatic heterocycles. The van der Waals surface area contributed by atoms with E-state index in [-0.39, 0.29) is 30.3 Å². The van der Waals surface area contributed by atoms with Crippen LogP contribution in [0.3, 0.4) is 0 Å². The van der Waals surface area contributed by atoms with Gasteiger partial charge in [0.1, 0.15) is 5.75 Å². The Morgan fingerprint density at radius 1 is 1.33 bits per heavy atom. The van der Waals surface area contributed by atoms with Gasteiger partial charge in [0.15, 0.2) is 0 Å². The lowest BCUT2D eigenvalue weighted by Crippen LogP contribution is -2.36. The molecule has 0 radical (unpaired) electrons. The molecule has 0 spiro atoms. The van der Waals surface area contributed by atoms with Gasteiger partial charge in [-0.25, -0.2) is 0 Å². The number of hydrogen-bond donors (Lipinski definition) is 0. The third-order valence-corrected chi connectivity index (χ3v) is 3.91. The zero-order valence-electron chi connectivity index (χ0n) is 12.9. The Bertz CT molecular complexity index is 555. The third kappa shape index (κ3) is 2.86. The summed E-state index contributed by atoms with van der Waals surface area (Å²) >= 11 is 0. The molecule has 1 amide bonds. The summed E-state index contributed by atoms with van der Waals surface area (Å²) in [6.07, 6.45) is 0.263. The summed E-state index contributed by atoms with van der Waals surface area (Å²) in [7, 11) is 1.60. The SMILES string of the molecule is CCOC(=O)C[C@H]1c2cc(OC)ccc2N(C(C)=O)[C@H]1C. The number of anilines is 1. The van der Waals surface area contributed by atoms with Gasteiger partial charge in [0.2, 0.25) is 5.91 Å². The maximum atomic E-state index is 11.9. The minimum Gasteiger partial charge on any atom is -0.497 e. The molecule has 1 aromatic carbocycles. The van der Waals surface area contributed by atoms with Crippen molar-refractivity contribution in [3.63, 3.8) is 0 Å². The zero-order valence-corrected chi connectivity index (χ0v) is 12.9. The fraction of sp³-hybridized carbons (Fsp3) is 0.500. The van der Waals surface area contributed by atoms with Crippen molar-refractivity contribution < 1.29 is 19.1 Å². The number of ether oxygens (including phenoxy) is 2. The van der Waals surface area contributed by atoms with E-state index >= 15 is 0 Å². The largest absolute Gasteiger partial charge is 0.497 e. The fourth-order valence-electron chi connectivity index (χ4n) is 2.97. The van der Waals surface area contributed by atoms with Gasteiger partial charge in [-0.3, -0.25) is 9.59 Å². The van der Waals surface area contributed by atoms with E-state index in [1.807, 2.05) is 25.1 Å². The second-order valence-corrected chi connectivity index (χ2v) is 5.17. The molecule has 0 saturated heterocycles. The van der Waals surface area contributed by atoms with Gasteiger partial charge in [-0.1, -0.05) is 0 Å². The van der Waals surface area contributed by atoms with Crippen molar-refractivity contribution in [2.45, 2.75) is 39.2 Å². The van der Waals surface area contributed by atoms with Crippen molar-refractivity contribution in [2.75, 3.05) is 18.6 Å². The molecule has 21 heavy (non-hydrogen) atoms. The molecule has 1 heterocycles. The number of rotatable bonds is 4. The number of hydrogen-bond acceptors (Lipinski definition) is 4. The summed E-state index contributed by atoms with van der Waals surface area (Å²) in [5, 5.41) is 0. The highest BCUT2D eigenvalue weighted by molar-refractivity contribution is 5.95. The van der Waals surface area contributed by atoms with Gasteiger partial charge in [0.05, 0.1) is 20.1 Å². The summed E-state index contributed by atoms with van der Waals surface area (Å²) in [5.41, 5.74) is 1.82. The summed E-state index contributed by atoms with van der Waals surface area (Å²) in [6, 6.07) is 5.53. The minimum atomic E-state index is -0.242. The summed E-state index contributed by atoms with van der Waals surface area (Å²) in [6.45, 7) is 5.64. The van der Waals surface area contributed by atoms with E-state index < -0.39 is 0 Å². The lowest BCUT2D eigenvalue weighted by atomic mass is 9.92. The number of methoxy groups -OCH3 is 1. The van der Waals surface area contributed by atoms with E-state index in [1.165, 1.54) is 6.92 Å². The number of amides is 1. The van der Waals surface area contributed by atoms with Crippen molar-refractivity contribution in [3.8, 4) is 5.75 Å². The van der Waals surface area contributed by atoms with Crippen molar-refractivity contribution in [1.29, 1.82) is 0 Å². The second-order valence-electron chi connectivity index (χ2n) is 5.17. The van der Waals surface area contributed by atoms with Crippen molar-refractivity contribution in [1.82, 2.24) is 0 Å². The van der Waals surface area contributed by atoms with E-state index in [4.69, 9.17) is 9.47 Å². The monoisotopic (exact) mass is 291 g/mol. The fourth-order valence-corrected chi connectivity index (χ4v) is 2.97. The standard InChI is InChI=1S/C16H21NO4/c1-5-21-16(19)9-13-10(2)17(11(3)18)15-7-6-12(20-4)8-14(13)15/h6-8,10,13H,5,9H2,1-4H3/t10-,13+/m0/s1. The second kappa shape index (κ2) is 6.16. The Kier molecular flexibility index (Phi) is 4.50. The first-order valence-corrected chi connectivity index (χ1v) is 7.13. The van der Waals surface area contributed by atoms with Gasteiger partial charge in [-0.2, -0.15) is 0 Å². The van der Waals surface area contributed by atoms with Crippen LogP contribution >= 0.6 is 0 Å². The molecule has 1 aromatic rings. The van der Waals surface area contributed by atoms with Gasteiger partial charge in [-0.15, -0.1) is 0 Å². The van der Waals surface area contributed by atoms with E-state index in [1.54, 1.807) is 18.9 Å². The van der Waals surface area contributed by atoms with E-state index in [0.717, 1.165) is 17.0 Å². The summed E-state index contributed by atoms with van der Waals surface area (Å²) in [5.74, 6) is 0.382.